The number of halogens is 1. The summed E-state index contributed by atoms with van der Waals surface area (Å²) in [5.74, 6) is 0. The van der Waals surface area contributed by atoms with Gasteiger partial charge in [0.1, 0.15) is 4.47 Å². The summed E-state index contributed by atoms with van der Waals surface area (Å²) in [4.78, 5) is 16.5. The average Bonchev–Trinajstić information content (AvgIpc) is 2.61. The molecule has 0 fully saturated rings. The smallest absolute Gasteiger partial charge is 0.282 e. The summed E-state index contributed by atoms with van der Waals surface area (Å²) in [5.41, 5.74) is 2.36. The zero-order chi connectivity index (χ0) is 16.2. The van der Waals surface area contributed by atoms with Gasteiger partial charge in [-0.2, -0.15) is 5.10 Å². The Hall–Kier alpha value is -2.47. The van der Waals surface area contributed by atoms with E-state index in [1.165, 1.54) is 4.68 Å². The minimum atomic E-state index is -0.192. The number of aryl methyl sites for hydroxylation is 1. The van der Waals surface area contributed by atoms with E-state index in [1.807, 2.05) is 48.5 Å². The summed E-state index contributed by atoms with van der Waals surface area (Å²) in [5, 5.41) is 7.43. The maximum Gasteiger partial charge on any atom is 0.282 e. The maximum atomic E-state index is 12.0. The van der Waals surface area contributed by atoms with Crippen molar-refractivity contribution in [2.75, 3.05) is 5.32 Å². The van der Waals surface area contributed by atoms with Crippen molar-refractivity contribution in [3.05, 3.63) is 87.0 Å². The van der Waals surface area contributed by atoms with Gasteiger partial charge >= 0.3 is 0 Å². The van der Waals surface area contributed by atoms with E-state index in [0.29, 0.717) is 10.2 Å². The van der Waals surface area contributed by atoms with Crippen LogP contribution >= 0.6 is 15.9 Å². The first kappa shape index (κ1) is 15.4. The van der Waals surface area contributed by atoms with Gasteiger partial charge in [0.25, 0.3) is 5.56 Å². The normalized spacial score (nSPS) is 11.9. The van der Waals surface area contributed by atoms with Crippen LogP contribution in [0.5, 0.6) is 0 Å². The number of hydrogen-bond donors (Lipinski definition) is 1. The molecule has 3 rings (SSSR count). The van der Waals surface area contributed by atoms with Gasteiger partial charge in [0.05, 0.1) is 23.6 Å². The molecule has 0 radical (unpaired) electrons. The first-order valence-corrected chi connectivity index (χ1v) is 7.90. The van der Waals surface area contributed by atoms with Gasteiger partial charge in [-0.15, -0.1) is 0 Å². The third-order valence-electron chi connectivity index (χ3n) is 3.49. The largest absolute Gasteiger partial charge is 0.370 e. The lowest BCUT2D eigenvalue weighted by Gasteiger charge is -2.20. The molecule has 0 saturated carbocycles. The number of nitrogens with one attached hydrogen (secondary N) is 1. The van der Waals surface area contributed by atoms with Crippen LogP contribution in [0.3, 0.4) is 0 Å². The summed E-state index contributed by atoms with van der Waals surface area (Å²) in [6.07, 6.45) is 3.38. The number of rotatable bonds is 4. The SMILES string of the molecule is Cn1ncc(NC(c2ccccc2)c2ccccn2)c(Br)c1=O. The van der Waals surface area contributed by atoms with Gasteiger partial charge < -0.3 is 5.32 Å². The predicted molar refractivity (Wildman–Crippen MR) is 93.3 cm³/mol. The maximum absolute atomic E-state index is 12.0. The van der Waals surface area contributed by atoms with E-state index in [1.54, 1.807) is 19.4 Å². The number of pyridine rings is 1. The molecule has 0 bridgehead atoms. The van der Waals surface area contributed by atoms with E-state index in [0.717, 1.165) is 11.3 Å². The van der Waals surface area contributed by atoms with Crippen LogP contribution in [0.1, 0.15) is 17.3 Å². The Morgan fingerprint density at radius 2 is 1.87 bits per heavy atom. The van der Waals surface area contributed by atoms with E-state index in [9.17, 15) is 4.79 Å². The molecule has 1 aromatic carbocycles. The number of benzene rings is 1. The molecule has 0 aliphatic carbocycles. The highest BCUT2D eigenvalue weighted by molar-refractivity contribution is 9.10. The molecule has 0 amide bonds. The summed E-state index contributed by atoms with van der Waals surface area (Å²) in [7, 11) is 1.62. The minimum Gasteiger partial charge on any atom is -0.370 e. The summed E-state index contributed by atoms with van der Waals surface area (Å²) in [6.45, 7) is 0. The Morgan fingerprint density at radius 3 is 2.57 bits per heavy atom. The zero-order valence-corrected chi connectivity index (χ0v) is 14.1. The van der Waals surface area contributed by atoms with Crippen molar-refractivity contribution in [3.8, 4) is 0 Å². The quantitative estimate of drug-likeness (QED) is 0.766. The van der Waals surface area contributed by atoms with Crippen LogP contribution in [0, 0.1) is 0 Å². The first-order valence-electron chi connectivity index (χ1n) is 7.11. The Balaban J connectivity index is 2.04. The number of anilines is 1. The number of hydrogen-bond acceptors (Lipinski definition) is 4. The highest BCUT2D eigenvalue weighted by Crippen LogP contribution is 2.27. The van der Waals surface area contributed by atoms with Crippen LogP contribution < -0.4 is 10.9 Å². The third kappa shape index (κ3) is 3.32. The van der Waals surface area contributed by atoms with Gasteiger partial charge in [0.15, 0.2) is 0 Å². The average molecular weight is 371 g/mol. The summed E-state index contributed by atoms with van der Waals surface area (Å²) < 4.78 is 1.74. The number of nitrogens with zero attached hydrogens (tertiary/aromatic N) is 3. The molecule has 5 nitrogen and oxygen atoms in total. The van der Waals surface area contributed by atoms with Gasteiger partial charge in [-0.05, 0) is 33.6 Å². The van der Waals surface area contributed by atoms with Crippen LogP contribution in [0.4, 0.5) is 5.69 Å². The lowest BCUT2D eigenvalue weighted by molar-refractivity contribution is 0.701. The van der Waals surface area contributed by atoms with Crippen LogP contribution in [0.25, 0.3) is 0 Å². The second-order valence-electron chi connectivity index (χ2n) is 5.04. The van der Waals surface area contributed by atoms with Gasteiger partial charge in [0, 0.05) is 13.2 Å². The molecule has 0 spiro atoms. The van der Waals surface area contributed by atoms with Crippen LogP contribution in [0.15, 0.2) is 70.2 Å². The second-order valence-corrected chi connectivity index (χ2v) is 5.84. The fourth-order valence-electron chi connectivity index (χ4n) is 2.29. The van der Waals surface area contributed by atoms with Crippen molar-refractivity contribution in [1.29, 1.82) is 0 Å². The molecule has 1 N–H and O–H groups in total. The Kier molecular flexibility index (Phi) is 4.52. The molecule has 1 unspecified atom stereocenters. The molecule has 23 heavy (non-hydrogen) atoms. The van der Waals surface area contributed by atoms with Crippen molar-refractivity contribution in [1.82, 2.24) is 14.8 Å². The van der Waals surface area contributed by atoms with Crippen molar-refractivity contribution >= 4 is 21.6 Å². The monoisotopic (exact) mass is 370 g/mol. The van der Waals surface area contributed by atoms with E-state index in [-0.39, 0.29) is 11.6 Å². The van der Waals surface area contributed by atoms with E-state index >= 15 is 0 Å². The predicted octanol–water partition coefficient (Wildman–Crippen LogP) is 3.14. The summed E-state index contributed by atoms with van der Waals surface area (Å²) >= 11 is 3.35. The zero-order valence-electron chi connectivity index (χ0n) is 12.5. The molecular formula is C17H15BrN4O. The Bertz CT molecular complexity index is 810. The van der Waals surface area contributed by atoms with Crippen molar-refractivity contribution in [3.63, 3.8) is 0 Å². The standard InChI is InChI=1S/C17H15BrN4O/c1-22-17(23)15(18)14(11-20-22)21-16(12-7-3-2-4-8-12)13-9-5-6-10-19-13/h2-11,16,21H,1H3. The molecule has 2 heterocycles. The fraction of sp³-hybridized carbons (Fsp3) is 0.118. The molecular weight excluding hydrogens is 356 g/mol. The Morgan fingerprint density at radius 1 is 1.13 bits per heavy atom. The van der Waals surface area contributed by atoms with E-state index < -0.39 is 0 Å². The molecule has 1 atom stereocenters. The van der Waals surface area contributed by atoms with E-state index in [2.05, 4.69) is 31.3 Å². The highest BCUT2D eigenvalue weighted by atomic mass is 79.9. The van der Waals surface area contributed by atoms with Crippen LogP contribution in [-0.4, -0.2) is 14.8 Å². The van der Waals surface area contributed by atoms with Gasteiger partial charge in [-0.25, -0.2) is 4.68 Å². The van der Waals surface area contributed by atoms with Crippen molar-refractivity contribution in [2.24, 2.45) is 7.05 Å². The summed E-state index contributed by atoms with van der Waals surface area (Å²) in [6, 6.07) is 15.6. The molecule has 0 saturated heterocycles. The first-order chi connectivity index (χ1) is 11.2. The number of aromatic nitrogens is 3. The topological polar surface area (TPSA) is 59.8 Å². The fourth-order valence-corrected chi connectivity index (χ4v) is 2.76. The van der Waals surface area contributed by atoms with Crippen molar-refractivity contribution in [2.45, 2.75) is 6.04 Å². The van der Waals surface area contributed by atoms with Gasteiger partial charge in [-0.3, -0.25) is 9.78 Å². The third-order valence-corrected chi connectivity index (χ3v) is 4.26. The molecule has 6 heteroatoms. The molecule has 0 aliphatic rings. The van der Waals surface area contributed by atoms with Crippen LogP contribution in [0.2, 0.25) is 0 Å². The van der Waals surface area contributed by atoms with Gasteiger partial charge in [-0.1, -0.05) is 36.4 Å². The lowest BCUT2D eigenvalue weighted by Crippen LogP contribution is -2.23. The molecule has 3 aromatic rings. The molecule has 116 valence electrons. The Labute approximate surface area is 142 Å². The van der Waals surface area contributed by atoms with E-state index in [4.69, 9.17) is 0 Å². The second kappa shape index (κ2) is 6.75. The highest BCUT2D eigenvalue weighted by Gasteiger charge is 2.17. The molecule has 0 aliphatic heterocycles. The van der Waals surface area contributed by atoms with Crippen molar-refractivity contribution < 1.29 is 0 Å². The minimum absolute atomic E-state index is 0.178. The molecule has 2 aromatic heterocycles. The van der Waals surface area contributed by atoms with Gasteiger partial charge in [0.2, 0.25) is 0 Å². The van der Waals surface area contributed by atoms with Crippen LogP contribution in [-0.2, 0) is 7.05 Å². The lowest BCUT2D eigenvalue weighted by atomic mass is 10.0.